The van der Waals surface area contributed by atoms with E-state index in [4.69, 9.17) is 0 Å². The molecule has 0 N–H and O–H groups in total. The summed E-state index contributed by atoms with van der Waals surface area (Å²) >= 11 is 5.07. The fraction of sp³-hybridized carbons (Fsp3) is 0.0769. The summed E-state index contributed by atoms with van der Waals surface area (Å²) in [4.78, 5) is 8.62. The minimum Gasteiger partial charge on any atom is -0.264 e. The van der Waals surface area contributed by atoms with Gasteiger partial charge < -0.3 is 0 Å². The van der Waals surface area contributed by atoms with Gasteiger partial charge in [0.25, 0.3) is 0 Å². The van der Waals surface area contributed by atoms with Crippen LogP contribution in [0.15, 0.2) is 46.5 Å². The average Bonchev–Trinajstić information content (AvgIpc) is 2.72. The summed E-state index contributed by atoms with van der Waals surface area (Å²) in [6.07, 6.45) is 5.33. The van der Waals surface area contributed by atoms with E-state index < -0.39 is 0 Å². The minimum absolute atomic E-state index is 0.834. The van der Waals surface area contributed by atoms with E-state index in [9.17, 15) is 0 Å². The van der Waals surface area contributed by atoms with Crippen molar-refractivity contribution in [1.29, 1.82) is 0 Å². The first-order chi connectivity index (χ1) is 8.20. The molecular weight excluding hydrogens is 296 g/mol. The molecule has 2 rings (SSSR count). The molecular formula is C13H11BrN2S. The van der Waals surface area contributed by atoms with Gasteiger partial charge in [0.15, 0.2) is 0 Å². The summed E-state index contributed by atoms with van der Waals surface area (Å²) < 4.78 is 2.21. The number of nitrogens with zero attached hydrogens (tertiary/aromatic N) is 2. The number of hydrogen-bond acceptors (Lipinski definition) is 3. The van der Waals surface area contributed by atoms with Gasteiger partial charge in [0.2, 0.25) is 0 Å². The fourth-order valence-electron chi connectivity index (χ4n) is 1.31. The van der Waals surface area contributed by atoms with E-state index >= 15 is 0 Å². The maximum atomic E-state index is 4.52. The van der Waals surface area contributed by atoms with Crippen LogP contribution < -0.4 is 0 Å². The second kappa shape index (κ2) is 5.38. The average molecular weight is 307 g/mol. The van der Waals surface area contributed by atoms with Crippen LogP contribution >= 0.6 is 27.3 Å². The smallest absolute Gasteiger partial charge is 0.125 e. The van der Waals surface area contributed by atoms with E-state index in [1.807, 2.05) is 25.1 Å². The first-order valence-electron chi connectivity index (χ1n) is 5.10. The summed E-state index contributed by atoms with van der Waals surface area (Å²) in [6, 6.07) is 6.05. The van der Waals surface area contributed by atoms with Crippen LogP contribution in [0.4, 0.5) is 0 Å². The number of aliphatic imine (C=N–C) groups is 1. The molecule has 0 atom stereocenters. The maximum Gasteiger partial charge on any atom is 0.125 e. The van der Waals surface area contributed by atoms with Crippen molar-refractivity contribution < 1.29 is 0 Å². The molecule has 2 nitrogen and oxygen atoms in total. The van der Waals surface area contributed by atoms with Gasteiger partial charge in [-0.25, -0.2) is 4.98 Å². The number of hydrogen-bond donors (Lipinski definition) is 0. The molecule has 0 amide bonds. The predicted molar refractivity (Wildman–Crippen MR) is 79.7 cm³/mol. The summed E-state index contributed by atoms with van der Waals surface area (Å²) in [5, 5.41) is 0.909. The van der Waals surface area contributed by atoms with Crippen molar-refractivity contribution in [2.24, 2.45) is 4.99 Å². The molecule has 0 radical (unpaired) electrons. The Bertz CT molecular complexity index is 611. The van der Waals surface area contributed by atoms with E-state index in [1.54, 1.807) is 23.8 Å². The van der Waals surface area contributed by atoms with Crippen molar-refractivity contribution >= 4 is 49.3 Å². The van der Waals surface area contributed by atoms with E-state index in [2.05, 4.69) is 38.6 Å². The molecule has 0 aliphatic rings. The number of fused-ring (bicyclic) bond motifs is 1. The second-order valence-electron chi connectivity index (χ2n) is 3.42. The molecule has 0 aliphatic heterocycles. The molecule has 0 saturated heterocycles. The first kappa shape index (κ1) is 12.2. The van der Waals surface area contributed by atoms with Gasteiger partial charge in [0.1, 0.15) is 5.01 Å². The Kier molecular flexibility index (Phi) is 3.86. The van der Waals surface area contributed by atoms with Crippen molar-refractivity contribution in [3.8, 4) is 0 Å². The zero-order valence-electron chi connectivity index (χ0n) is 9.35. The third-order valence-corrected chi connectivity index (χ3v) is 3.68. The molecule has 86 valence electrons. The fourth-order valence-corrected chi connectivity index (χ4v) is 2.76. The van der Waals surface area contributed by atoms with Gasteiger partial charge in [-0.15, -0.1) is 11.3 Å². The Morgan fingerprint density at radius 2 is 2.35 bits per heavy atom. The lowest BCUT2D eigenvalue weighted by molar-refractivity contribution is 1.45. The molecule has 0 saturated carbocycles. The maximum absolute atomic E-state index is 4.52. The summed E-state index contributed by atoms with van der Waals surface area (Å²) in [7, 11) is 0. The minimum atomic E-state index is 0.834. The van der Waals surface area contributed by atoms with E-state index in [0.717, 1.165) is 25.3 Å². The van der Waals surface area contributed by atoms with Crippen LogP contribution in [-0.4, -0.2) is 11.2 Å². The number of aromatic nitrogens is 1. The number of thiazole rings is 1. The predicted octanol–water partition coefficient (Wildman–Crippen LogP) is 4.68. The molecule has 2 aromatic rings. The van der Waals surface area contributed by atoms with E-state index in [0.29, 0.717) is 0 Å². The van der Waals surface area contributed by atoms with Gasteiger partial charge >= 0.3 is 0 Å². The highest BCUT2D eigenvalue weighted by Gasteiger charge is 2.05. The van der Waals surface area contributed by atoms with Gasteiger partial charge in [-0.3, -0.25) is 4.99 Å². The van der Waals surface area contributed by atoms with Gasteiger partial charge in [0, 0.05) is 22.5 Å². The number of benzene rings is 1. The SMILES string of the molecule is C=C(/C=N\C=C/C)c1nc2ccc(Br)cc2s1. The van der Waals surface area contributed by atoms with Crippen molar-refractivity contribution in [2.75, 3.05) is 0 Å². The molecule has 4 heteroatoms. The van der Waals surface area contributed by atoms with Crippen LogP contribution in [0.25, 0.3) is 15.8 Å². The van der Waals surface area contributed by atoms with Crippen molar-refractivity contribution in [1.82, 2.24) is 4.98 Å². The third-order valence-electron chi connectivity index (χ3n) is 2.09. The summed E-state index contributed by atoms with van der Waals surface area (Å²) in [5.74, 6) is 0. The van der Waals surface area contributed by atoms with Gasteiger partial charge in [-0.05, 0) is 25.1 Å². The van der Waals surface area contributed by atoms with Crippen molar-refractivity contribution in [2.45, 2.75) is 6.92 Å². The molecule has 0 bridgehead atoms. The van der Waals surface area contributed by atoms with Gasteiger partial charge in [-0.2, -0.15) is 0 Å². The van der Waals surface area contributed by atoms with Gasteiger partial charge in [-0.1, -0.05) is 28.6 Å². The van der Waals surface area contributed by atoms with Crippen LogP contribution in [0, 0.1) is 0 Å². The Balaban J connectivity index is 2.33. The highest BCUT2D eigenvalue weighted by atomic mass is 79.9. The lowest BCUT2D eigenvalue weighted by atomic mass is 10.3. The van der Waals surface area contributed by atoms with Crippen LogP contribution in [0.3, 0.4) is 0 Å². The topological polar surface area (TPSA) is 25.2 Å². The Labute approximate surface area is 113 Å². The van der Waals surface area contributed by atoms with Crippen LogP contribution in [-0.2, 0) is 0 Å². The third kappa shape index (κ3) is 2.90. The lowest BCUT2D eigenvalue weighted by Crippen LogP contribution is -1.81. The van der Waals surface area contributed by atoms with Crippen LogP contribution in [0.2, 0.25) is 0 Å². The Morgan fingerprint density at radius 1 is 1.53 bits per heavy atom. The summed E-state index contributed by atoms with van der Waals surface area (Å²) in [6.45, 7) is 5.89. The lowest BCUT2D eigenvalue weighted by Gasteiger charge is -1.89. The molecule has 17 heavy (non-hydrogen) atoms. The Hall–Kier alpha value is -1.26. The van der Waals surface area contributed by atoms with Gasteiger partial charge in [0.05, 0.1) is 10.2 Å². The van der Waals surface area contributed by atoms with E-state index in [1.165, 1.54) is 0 Å². The summed E-state index contributed by atoms with van der Waals surface area (Å²) in [5.41, 5.74) is 1.83. The van der Waals surface area contributed by atoms with Crippen LogP contribution in [0.1, 0.15) is 11.9 Å². The monoisotopic (exact) mass is 306 g/mol. The molecule has 0 unspecified atom stereocenters. The standard InChI is InChI=1S/C13H11BrN2S/c1-3-6-15-8-9(2)13-16-11-5-4-10(14)7-12(11)17-13/h3-8H,2H2,1H3/b6-3-,15-8-. The van der Waals surface area contributed by atoms with E-state index in [-0.39, 0.29) is 0 Å². The van der Waals surface area contributed by atoms with Crippen LogP contribution in [0.5, 0.6) is 0 Å². The molecule has 0 fully saturated rings. The molecule has 0 spiro atoms. The zero-order chi connectivity index (χ0) is 12.3. The highest BCUT2D eigenvalue weighted by Crippen LogP contribution is 2.28. The molecule has 1 aromatic heterocycles. The number of halogens is 1. The molecule has 1 heterocycles. The highest BCUT2D eigenvalue weighted by molar-refractivity contribution is 9.10. The van der Waals surface area contributed by atoms with Crippen molar-refractivity contribution in [3.63, 3.8) is 0 Å². The molecule has 0 aliphatic carbocycles. The second-order valence-corrected chi connectivity index (χ2v) is 5.36. The van der Waals surface area contributed by atoms with Crippen molar-refractivity contribution in [3.05, 3.63) is 46.5 Å². The number of rotatable bonds is 3. The quantitative estimate of drug-likeness (QED) is 0.756. The number of allylic oxidation sites excluding steroid dienone is 2. The normalized spacial score (nSPS) is 11.9. The first-order valence-corrected chi connectivity index (χ1v) is 6.71. The zero-order valence-corrected chi connectivity index (χ0v) is 11.8. The molecule has 1 aromatic carbocycles. The Morgan fingerprint density at radius 3 is 3.12 bits per heavy atom. The largest absolute Gasteiger partial charge is 0.264 e.